The predicted molar refractivity (Wildman–Crippen MR) is 114 cm³/mol. The average molecular weight is 413 g/mol. The number of benzene rings is 1. The maximum atomic E-state index is 12.6. The summed E-state index contributed by atoms with van der Waals surface area (Å²) in [6.45, 7) is 4.50. The second kappa shape index (κ2) is 9.08. The van der Waals surface area contributed by atoms with Gasteiger partial charge in [0.15, 0.2) is 0 Å². The number of nitrogens with zero attached hydrogens (tertiary/aromatic N) is 3. The van der Waals surface area contributed by atoms with Crippen molar-refractivity contribution in [2.24, 2.45) is 11.3 Å². The molecule has 4 rings (SSSR count). The maximum absolute atomic E-state index is 12.6. The van der Waals surface area contributed by atoms with E-state index in [1.807, 2.05) is 29.2 Å². The van der Waals surface area contributed by atoms with Crippen LogP contribution in [-0.2, 0) is 17.9 Å². The number of hydrogen-bond donors (Lipinski definition) is 1. The van der Waals surface area contributed by atoms with Crippen LogP contribution in [-0.4, -0.2) is 54.2 Å². The Hall–Kier alpha value is -2.54. The highest BCUT2D eigenvalue weighted by Crippen LogP contribution is 2.59. The summed E-state index contributed by atoms with van der Waals surface area (Å²) in [5.41, 5.74) is 1.37. The largest absolute Gasteiger partial charge is 0.497 e. The van der Waals surface area contributed by atoms with E-state index in [4.69, 9.17) is 9.47 Å². The molecular weight excluding hydrogens is 380 g/mol. The summed E-state index contributed by atoms with van der Waals surface area (Å²) in [5.74, 6) is 2.18. The number of rotatable bonds is 9. The van der Waals surface area contributed by atoms with Crippen molar-refractivity contribution in [1.82, 2.24) is 19.8 Å². The Morgan fingerprint density at radius 1 is 1.27 bits per heavy atom. The second-order valence-corrected chi connectivity index (χ2v) is 8.52. The van der Waals surface area contributed by atoms with Gasteiger partial charge in [0.2, 0.25) is 5.91 Å². The van der Waals surface area contributed by atoms with E-state index in [-0.39, 0.29) is 17.2 Å². The number of aryl methyl sites for hydroxylation is 1. The van der Waals surface area contributed by atoms with Gasteiger partial charge in [0, 0.05) is 43.5 Å². The standard InChI is InChI=1S/C23H32N4O3/c1-29-19-4-5-21(30-2)18(14-19)16-26-11-6-23(7-12-26)15-20(23)22(28)25-8-3-10-27-13-9-24-17-27/h4-5,9,13-14,17,20H,3,6-8,10-12,15-16H2,1-2H3,(H,25,28)/t20-/m0/s1. The van der Waals surface area contributed by atoms with Crippen molar-refractivity contribution in [1.29, 1.82) is 0 Å². The lowest BCUT2D eigenvalue weighted by Crippen LogP contribution is -2.37. The van der Waals surface area contributed by atoms with Crippen molar-refractivity contribution in [3.05, 3.63) is 42.5 Å². The Bertz CT molecular complexity index is 844. The van der Waals surface area contributed by atoms with Gasteiger partial charge in [-0.05, 0) is 62.4 Å². The van der Waals surface area contributed by atoms with E-state index in [1.54, 1.807) is 20.4 Å². The second-order valence-electron chi connectivity index (χ2n) is 8.52. The van der Waals surface area contributed by atoms with E-state index >= 15 is 0 Å². The van der Waals surface area contributed by atoms with Crippen molar-refractivity contribution in [2.75, 3.05) is 33.9 Å². The molecule has 1 saturated carbocycles. The Balaban J connectivity index is 1.22. The molecular formula is C23H32N4O3. The highest BCUT2D eigenvalue weighted by atomic mass is 16.5. The first-order valence-corrected chi connectivity index (χ1v) is 10.8. The van der Waals surface area contributed by atoms with Crippen molar-refractivity contribution < 1.29 is 14.3 Å². The summed E-state index contributed by atoms with van der Waals surface area (Å²) in [7, 11) is 3.39. The van der Waals surface area contributed by atoms with Crippen LogP contribution in [0.2, 0.25) is 0 Å². The summed E-state index contributed by atoms with van der Waals surface area (Å²) < 4.78 is 12.9. The van der Waals surface area contributed by atoms with Gasteiger partial charge in [0.05, 0.1) is 20.5 Å². The Morgan fingerprint density at radius 2 is 2.10 bits per heavy atom. The zero-order chi connectivity index (χ0) is 21.0. The number of piperidine rings is 1. The molecule has 1 amide bonds. The van der Waals surface area contributed by atoms with Crippen LogP contribution >= 0.6 is 0 Å². The van der Waals surface area contributed by atoms with Gasteiger partial charge < -0.3 is 19.4 Å². The maximum Gasteiger partial charge on any atom is 0.223 e. The molecule has 2 fully saturated rings. The van der Waals surface area contributed by atoms with Gasteiger partial charge in [-0.2, -0.15) is 0 Å². The van der Waals surface area contributed by atoms with Crippen LogP contribution in [0.1, 0.15) is 31.2 Å². The molecule has 1 spiro atoms. The minimum Gasteiger partial charge on any atom is -0.497 e. The third-order valence-electron chi connectivity index (χ3n) is 6.69. The van der Waals surface area contributed by atoms with Gasteiger partial charge in [0.25, 0.3) is 0 Å². The lowest BCUT2D eigenvalue weighted by molar-refractivity contribution is -0.123. The van der Waals surface area contributed by atoms with Crippen LogP contribution in [0, 0.1) is 11.3 Å². The molecule has 1 aromatic heterocycles. The van der Waals surface area contributed by atoms with Crippen LogP contribution in [0.3, 0.4) is 0 Å². The van der Waals surface area contributed by atoms with Crippen molar-refractivity contribution in [3.8, 4) is 11.5 Å². The molecule has 0 bridgehead atoms. The van der Waals surface area contributed by atoms with Gasteiger partial charge in [-0.3, -0.25) is 9.69 Å². The lowest BCUT2D eigenvalue weighted by atomic mass is 9.90. The minimum absolute atomic E-state index is 0.194. The Labute approximate surface area is 178 Å². The molecule has 2 heterocycles. The first kappa shape index (κ1) is 20.7. The number of carbonyl (C=O) groups is 1. The molecule has 2 aromatic rings. The normalized spacial score (nSPS) is 20.1. The molecule has 1 aliphatic carbocycles. The van der Waals surface area contributed by atoms with Crippen LogP contribution in [0.15, 0.2) is 36.9 Å². The molecule has 0 unspecified atom stereocenters. The molecule has 2 aliphatic rings. The first-order valence-electron chi connectivity index (χ1n) is 10.8. The number of likely N-dealkylation sites (tertiary alicyclic amines) is 1. The number of imidazole rings is 1. The predicted octanol–water partition coefficient (Wildman–Crippen LogP) is 2.71. The van der Waals surface area contributed by atoms with Crippen molar-refractivity contribution in [3.63, 3.8) is 0 Å². The molecule has 1 N–H and O–H groups in total. The third kappa shape index (κ3) is 4.61. The van der Waals surface area contributed by atoms with E-state index in [9.17, 15) is 4.79 Å². The number of methoxy groups -OCH3 is 2. The van der Waals surface area contributed by atoms with Crippen molar-refractivity contribution >= 4 is 5.91 Å². The van der Waals surface area contributed by atoms with Gasteiger partial charge >= 0.3 is 0 Å². The SMILES string of the molecule is COc1ccc(OC)c(CN2CCC3(CC2)C[C@H]3C(=O)NCCCn2ccnc2)c1. The lowest BCUT2D eigenvalue weighted by Gasteiger charge is -2.33. The fourth-order valence-electron chi connectivity index (χ4n) is 4.69. The molecule has 1 aromatic carbocycles. The molecule has 7 nitrogen and oxygen atoms in total. The highest BCUT2D eigenvalue weighted by molar-refractivity contribution is 5.82. The molecule has 1 aliphatic heterocycles. The zero-order valence-electron chi connectivity index (χ0n) is 18.0. The quantitative estimate of drug-likeness (QED) is 0.642. The highest BCUT2D eigenvalue weighted by Gasteiger charge is 2.58. The summed E-state index contributed by atoms with van der Waals surface area (Å²) >= 11 is 0. The van der Waals surface area contributed by atoms with Crippen LogP contribution in [0.4, 0.5) is 0 Å². The van der Waals surface area contributed by atoms with Gasteiger partial charge in [-0.25, -0.2) is 4.98 Å². The summed E-state index contributed by atoms with van der Waals surface area (Å²) in [5, 5.41) is 3.14. The van der Waals surface area contributed by atoms with Crippen LogP contribution in [0.5, 0.6) is 11.5 Å². The number of amides is 1. The van der Waals surface area contributed by atoms with E-state index in [1.165, 1.54) is 0 Å². The third-order valence-corrected chi connectivity index (χ3v) is 6.69. The number of nitrogens with one attached hydrogen (secondary N) is 1. The van der Waals surface area contributed by atoms with Gasteiger partial charge in [-0.1, -0.05) is 0 Å². The summed E-state index contributed by atoms with van der Waals surface area (Å²) in [6, 6.07) is 5.95. The number of carbonyl (C=O) groups excluding carboxylic acids is 1. The van der Waals surface area contributed by atoms with E-state index < -0.39 is 0 Å². The van der Waals surface area contributed by atoms with E-state index in [2.05, 4.69) is 21.3 Å². The fraction of sp³-hybridized carbons (Fsp3) is 0.565. The molecule has 162 valence electrons. The summed E-state index contributed by atoms with van der Waals surface area (Å²) in [4.78, 5) is 19.1. The monoisotopic (exact) mass is 412 g/mol. The fourth-order valence-corrected chi connectivity index (χ4v) is 4.69. The number of aromatic nitrogens is 2. The topological polar surface area (TPSA) is 68.6 Å². The molecule has 7 heteroatoms. The Morgan fingerprint density at radius 3 is 2.80 bits per heavy atom. The molecule has 1 atom stereocenters. The van der Waals surface area contributed by atoms with E-state index in [0.717, 1.165) is 75.5 Å². The van der Waals surface area contributed by atoms with Crippen LogP contribution < -0.4 is 14.8 Å². The molecule has 30 heavy (non-hydrogen) atoms. The molecule has 1 saturated heterocycles. The van der Waals surface area contributed by atoms with Crippen LogP contribution in [0.25, 0.3) is 0 Å². The average Bonchev–Trinajstić information content (AvgIpc) is 3.21. The number of hydrogen-bond acceptors (Lipinski definition) is 5. The molecule has 0 radical (unpaired) electrons. The first-order chi connectivity index (χ1) is 14.6. The number of ether oxygens (including phenoxy) is 2. The minimum atomic E-state index is 0.194. The van der Waals surface area contributed by atoms with Crippen molar-refractivity contribution in [2.45, 2.75) is 38.8 Å². The smallest absolute Gasteiger partial charge is 0.223 e. The van der Waals surface area contributed by atoms with E-state index in [0.29, 0.717) is 0 Å². The zero-order valence-corrected chi connectivity index (χ0v) is 18.0. The summed E-state index contributed by atoms with van der Waals surface area (Å²) in [6.07, 6.45) is 9.69. The van der Waals surface area contributed by atoms with Gasteiger partial charge in [0.1, 0.15) is 11.5 Å². The van der Waals surface area contributed by atoms with Gasteiger partial charge in [-0.15, -0.1) is 0 Å². The Kier molecular flexibility index (Phi) is 6.27.